The first-order valence-corrected chi connectivity index (χ1v) is 7.77. The van der Waals surface area contributed by atoms with Crippen LogP contribution in [0.2, 0.25) is 0 Å². The first-order chi connectivity index (χ1) is 12.0. The number of benzene rings is 1. The highest BCUT2D eigenvalue weighted by Gasteiger charge is 2.30. The third-order valence-electron chi connectivity index (χ3n) is 3.92. The maximum atomic E-state index is 12.7. The summed E-state index contributed by atoms with van der Waals surface area (Å²) < 4.78 is 9.37. The minimum absolute atomic E-state index is 0.0202. The van der Waals surface area contributed by atoms with Gasteiger partial charge in [-0.2, -0.15) is 0 Å². The minimum Gasteiger partial charge on any atom is -0.469 e. The van der Waals surface area contributed by atoms with Gasteiger partial charge in [0.25, 0.3) is 5.91 Å². The summed E-state index contributed by atoms with van der Waals surface area (Å²) in [5, 5.41) is 3.33. The van der Waals surface area contributed by atoms with E-state index in [4.69, 9.17) is 4.74 Å². The number of methoxy groups -OCH3 is 2. The molecule has 0 radical (unpaired) electrons. The van der Waals surface area contributed by atoms with Gasteiger partial charge in [0.1, 0.15) is 6.04 Å². The highest BCUT2D eigenvalue weighted by molar-refractivity contribution is 6.07. The number of rotatable bonds is 6. The van der Waals surface area contributed by atoms with Crippen LogP contribution in [0.1, 0.15) is 23.7 Å². The Morgan fingerprint density at radius 1 is 1.12 bits per heavy atom. The number of aromatic nitrogens is 1. The number of nitrogens with one attached hydrogen (secondary N) is 1. The summed E-state index contributed by atoms with van der Waals surface area (Å²) >= 11 is 0. The average Bonchev–Trinajstić information content (AvgIpc) is 2.64. The quantitative estimate of drug-likeness (QED) is 0.802. The van der Waals surface area contributed by atoms with Crippen LogP contribution in [0, 0.1) is 5.92 Å². The maximum absolute atomic E-state index is 12.7. The number of ether oxygens (including phenoxy) is 2. The van der Waals surface area contributed by atoms with E-state index in [-0.39, 0.29) is 6.42 Å². The van der Waals surface area contributed by atoms with Gasteiger partial charge in [0, 0.05) is 11.6 Å². The molecule has 1 aromatic heterocycles. The van der Waals surface area contributed by atoms with Gasteiger partial charge >= 0.3 is 11.9 Å². The third kappa shape index (κ3) is 4.32. The Morgan fingerprint density at radius 3 is 2.52 bits per heavy atom. The molecule has 2 rings (SSSR count). The van der Waals surface area contributed by atoms with E-state index in [1.807, 2.05) is 6.07 Å². The Morgan fingerprint density at radius 2 is 1.84 bits per heavy atom. The monoisotopic (exact) mass is 344 g/mol. The molecule has 0 aliphatic heterocycles. The maximum Gasteiger partial charge on any atom is 0.328 e. The molecule has 1 heterocycles. The third-order valence-corrected chi connectivity index (χ3v) is 3.92. The van der Waals surface area contributed by atoms with Gasteiger partial charge in [0.15, 0.2) is 0 Å². The molecule has 132 valence electrons. The number of para-hydroxylation sites is 1. The lowest BCUT2D eigenvalue weighted by Crippen LogP contribution is -2.46. The van der Waals surface area contributed by atoms with Crippen molar-refractivity contribution in [2.75, 3.05) is 14.2 Å². The van der Waals surface area contributed by atoms with Gasteiger partial charge in [-0.15, -0.1) is 0 Å². The van der Waals surface area contributed by atoms with Gasteiger partial charge in [-0.05, 0) is 18.1 Å². The molecule has 0 saturated heterocycles. The molecule has 2 aromatic rings. The Kier molecular flexibility index (Phi) is 6.05. The van der Waals surface area contributed by atoms with E-state index in [9.17, 15) is 14.4 Å². The number of nitrogens with zero attached hydrogens (tertiary/aromatic N) is 1. The van der Waals surface area contributed by atoms with E-state index in [2.05, 4.69) is 15.0 Å². The fraction of sp³-hybridized carbons (Fsp3) is 0.333. The lowest BCUT2D eigenvalue weighted by molar-refractivity contribution is -0.146. The van der Waals surface area contributed by atoms with E-state index < -0.39 is 29.8 Å². The van der Waals surface area contributed by atoms with Crippen molar-refractivity contribution >= 4 is 28.7 Å². The molecule has 0 aliphatic rings. The van der Waals surface area contributed by atoms with Gasteiger partial charge in [-0.1, -0.05) is 25.1 Å². The number of carbonyl (C=O) groups excluding carboxylic acids is 3. The number of hydrogen-bond acceptors (Lipinski definition) is 6. The number of amides is 1. The number of pyridine rings is 1. The van der Waals surface area contributed by atoms with Crippen LogP contribution >= 0.6 is 0 Å². The van der Waals surface area contributed by atoms with Crippen LogP contribution in [0.4, 0.5) is 0 Å². The largest absolute Gasteiger partial charge is 0.469 e. The number of carbonyl (C=O) groups is 3. The fourth-order valence-electron chi connectivity index (χ4n) is 2.54. The highest BCUT2D eigenvalue weighted by atomic mass is 16.5. The molecule has 0 spiro atoms. The van der Waals surface area contributed by atoms with E-state index in [1.54, 1.807) is 31.2 Å². The molecule has 0 aliphatic carbocycles. The Balaban J connectivity index is 2.26. The van der Waals surface area contributed by atoms with E-state index in [0.29, 0.717) is 16.5 Å². The summed E-state index contributed by atoms with van der Waals surface area (Å²) in [6.45, 7) is 1.67. The second-order valence-electron chi connectivity index (χ2n) is 5.61. The van der Waals surface area contributed by atoms with Crippen molar-refractivity contribution in [1.82, 2.24) is 10.3 Å². The van der Waals surface area contributed by atoms with Crippen molar-refractivity contribution in [3.05, 3.63) is 42.1 Å². The van der Waals surface area contributed by atoms with Crippen LogP contribution in [-0.2, 0) is 19.1 Å². The summed E-state index contributed by atoms with van der Waals surface area (Å²) in [6, 6.07) is 7.82. The van der Waals surface area contributed by atoms with Crippen LogP contribution < -0.4 is 5.32 Å². The molecule has 1 amide bonds. The minimum atomic E-state index is -0.969. The van der Waals surface area contributed by atoms with E-state index >= 15 is 0 Å². The summed E-state index contributed by atoms with van der Waals surface area (Å²) in [5.41, 5.74) is 1.07. The second kappa shape index (κ2) is 8.23. The van der Waals surface area contributed by atoms with Crippen molar-refractivity contribution in [3.8, 4) is 0 Å². The molecule has 0 bridgehead atoms. The molecule has 0 unspecified atom stereocenters. The van der Waals surface area contributed by atoms with Gasteiger partial charge < -0.3 is 14.8 Å². The predicted molar refractivity (Wildman–Crippen MR) is 90.8 cm³/mol. The zero-order chi connectivity index (χ0) is 18.4. The van der Waals surface area contributed by atoms with Crippen LogP contribution in [-0.4, -0.2) is 43.1 Å². The fourth-order valence-corrected chi connectivity index (χ4v) is 2.54. The molecular formula is C18H20N2O5. The number of hydrogen-bond donors (Lipinski definition) is 1. The van der Waals surface area contributed by atoms with Crippen molar-refractivity contribution in [2.24, 2.45) is 5.92 Å². The van der Waals surface area contributed by atoms with E-state index in [0.717, 1.165) is 0 Å². The normalized spacial score (nSPS) is 12.9. The number of esters is 2. The zero-order valence-corrected chi connectivity index (χ0v) is 14.3. The standard InChI is InChI=1S/C18H20N2O5/c1-11(10-15(21)24-2)16(18(23)25-3)20-17(22)13-8-9-19-14-7-5-4-6-12(13)14/h4-9,11,16H,10H2,1-3H3,(H,20,22)/t11-,16+/m1/s1. The Labute approximate surface area is 145 Å². The summed E-state index contributed by atoms with van der Waals surface area (Å²) in [6.07, 6.45) is 1.51. The molecule has 2 atom stereocenters. The van der Waals surface area contributed by atoms with Crippen molar-refractivity contribution < 1.29 is 23.9 Å². The first kappa shape index (κ1) is 18.4. The van der Waals surface area contributed by atoms with Crippen molar-refractivity contribution in [1.29, 1.82) is 0 Å². The molecule has 1 N–H and O–H groups in total. The topological polar surface area (TPSA) is 94.6 Å². The SMILES string of the molecule is COC(=O)C[C@@H](C)[C@H](NC(=O)c1ccnc2ccccc12)C(=O)OC. The predicted octanol–water partition coefficient (Wildman–Crippen LogP) is 1.71. The van der Waals surface area contributed by atoms with Gasteiger partial charge in [0.2, 0.25) is 0 Å². The molecular weight excluding hydrogens is 324 g/mol. The Bertz CT molecular complexity index is 785. The zero-order valence-electron chi connectivity index (χ0n) is 14.3. The highest BCUT2D eigenvalue weighted by Crippen LogP contribution is 2.18. The average molecular weight is 344 g/mol. The van der Waals surface area contributed by atoms with Gasteiger partial charge in [0.05, 0.1) is 31.7 Å². The molecule has 0 fully saturated rings. The Hall–Kier alpha value is -2.96. The summed E-state index contributed by atoms with van der Waals surface area (Å²) in [4.78, 5) is 40.4. The second-order valence-corrected chi connectivity index (χ2v) is 5.61. The number of fused-ring (bicyclic) bond motifs is 1. The summed E-state index contributed by atoms with van der Waals surface area (Å²) in [7, 11) is 2.50. The van der Waals surface area contributed by atoms with Crippen LogP contribution in [0.15, 0.2) is 36.5 Å². The molecule has 7 heteroatoms. The van der Waals surface area contributed by atoms with E-state index in [1.165, 1.54) is 20.4 Å². The lowest BCUT2D eigenvalue weighted by Gasteiger charge is -2.22. The smallest absolute Gasteiger partial charge is 0.328 e. The van der Waals surface area contributed by atoms with Gasteiger partial charge in [-0.3, -0.25) is 14.6 Å². The molecule has 1 aromatic carbocycles. The van der Waals surface area contributed by atoms with Crippen LogP contribution in [0.5, 0.6) is 0 Å². The molecule has 25 heavy (non-hydrogen) atoms. The van der Waals surface area contributed by atoms with Crippen molar-refractivity contribution in [3.63, 3.8) is 0 Å². The lowest BCUT2D eigenvalue weighted by atomic mass is 9.97. The van der Waals surface area contributed by atoms with Crippen LogP contribution in [0.3, 0.4) is 0 Å². The van der Waals surface area contributed by atoms with Gasteiger partial charge in [-0.25, -0.2) is 4.79 Å². The first-order valence-electron chi connectivity index (χ1n) is 7.77. The van der Waals surface area contributed by atoms with Crippen molar-refractivity contribution in [2.45, 2.75) is 19.4 Å². The van der Waals surface area contributed by atoms with Crippen LogP contribution in [0.25, 0.3) is 10.9 Å². The summed E-state index contributed by atoms with van der Waals surface area (Å²) in [5.74, 6) is -2.02. The molecule has 0 saturated carbocycles. The molecule has 7 nitrogen and oxygen atoms in total.